The first-order valence-corrected chi connectivity index (χ1v) is 10.6. The Bertz CT molecular complexity index is 1300. The zero-order chi connectivity index (χ0) is 22.5. The zero-order valence-corrected chi connectivity index (χ0v) is 17.4. The molecule has 0 bridgehead atoms. The van der Waals surface area contributed by atoms with Crippen LogP contribution in [0.2, 0.25) is 0 Å². The quantitative estimate of drug-likeness (QED) is 0.456. The van der Waals surface area contributed by atoms with Gasteiger partial charge in [0.05, 0.1) is 17.3 Å². The summed E-state index contributed by atoms with van der Waals surface area (Å²) in [6, 6.07) is 5.79. The molecule has 0 radical (unpaired) electrons. The van der Waals surface area contributed by atoms with Gasteiger partial charge in [-0.15, -0.1) is 0 Å². The highest BCUT2D eigenvalue weighted by molar-refractivity contribution is 6.02. The van der Waals surface area contributed by atoms with Crippen molar-refractivity contribution in [2.24, 2.45) is 0 Å². The number of nitrogens with zero attached hydrogens (tertiary/aromatic N) is 3. The lowest BCUT2D eigenvalue weighted by molar-refractivity contribution is -0.149. The maximum absolute atomic E-state index is 12.8. The topological polar surface area (TPSA) is 75.1 Å². The van der Waals surface area contributed by atoms with Crippen LogP contribution in [0, 0.1) is 0 Å². The largest absolute Gasteiger partial charge is 0.408 e. The Labute approximate surface area is 181 Å². The van der Waals surface area contributed by atoms with E-state index in [0.29, 0.717) is 11.4 Å². The molecular weight excluding hydrogens is 419 g/mol. The van der Waals surface area contributed by atoms with Crippen molar-refractivity contribution in [2.75, 3.05) is 0 Å². The monoisotopic (exact) mass is 441 g/mol. The minimum atomic E-state index is -4.52. The molecular formula is C23H22F3N5O. The second-order valence-electron chi connectivity index (χ2n) is 8.36. The predicted molar refractivity (Wildman–Crippen MR) is 114 cm³/mol. The van der Waals surface area contributed by atoms with Crippen molar-refractivity contribution < 1.29 is 18.0 Å². The van der Waals surface area contributed by atoms with Gasteiger partial charge in [0, 0.05) is 35.0 Å². The number of amides is 1. The number of rotatable bonds is 4. The first kappa shape index (κ1) is 20.5. The minimum Gasteiger partial charge on any atom is -0.346 e. The Kier molecular flexibility index (Phi) is 4.91. The number of carbonyl (C=O) groups excluding carboxylic acids is 1. The Hall–Kier alpha value is -3.36. The molecule has 6 nitrogen and oxygen atoms in total. The number of nitrogens with one attached hydrogen (secondary N) is 2. The van der Waals surface area contributed by atoms with Crippen molar-refractivity contribution in [3.63, 3.8) is 0 Å². The van der Waals surface area contributed by atoms with Crippen LogP contribution in [-0.2, 0) is 0 Å². The summed E-state index contributed by atoms with van der Waals surface area (Å²) in [6.45, 7) is 0.911. The number of H-pyrrole nitrogens is 1. The van der Waals surface area contributed by atoms with Crippen LogP contribution in [0.5, 0.6) is 0 Å². The summed E-state index contributed by atoms with van der Waals surface area (Å²) in [6.07, 6.45) is 5.13. The summed E-state index contributed by atoms with van der Waals surface area (Å²) in [4.78, 5) is 20.5. The summed E-state index contributed by atoms with van der Waals surface area (Å²) in [5.74, 6) is -0.307. The summed E-state index contributed by atoms with van der Waals surface area (Å²) < 4.78 is 40.0. The molecule has 166 valence electrons. The third-order valence-electron chi connectivity index (χ3n) is 6.25. The van der Waals surface area contributed by atoms with Crippen LogP contribution >= 0.6 is 0 Å². The molecule has 5 rings (SSSR count). The number of fused-ring (bicyclic) bond motifs is 2. The van der Waals surface area contributed by atoms with Crippen LogP contribution in [0.4, 0.5) is 13.2 Å². The number of hydrogen-bond donors (Lipinski definition) is 2. The van der Waals surface area contributed by atoms with Gasteiger partial charge in [0.25, 0.3) is 5.91 Å². The molecule has 0 aromatic carbocycles. The third kappa shape index (κ3) is 3.61. The first-order valence-electron chi connectivity index (χ1n) is 10.6. The molecule has 0 unspecified atom stereocenters. The van der Waals surface area contributed by atoms with Gasteiger partial charge in [0.1, 0.15) is 11.7 Å². The highest BCUT2D eigenvalue weighted by Gasteiger charge is 2.37. The standard InChI is InChI=1S/C23H22F3N5O/c1-13(23(24,25)26)29-22(32)18-12-28-31-9-8-15(10-20(18)31)17-11-27-21-16(17)6-7-19(30-21)14-4-2-3-5-14/h6-14H,2-5H2,1H3,(H,27,30)(H,29,32)/t13-/m1/s1. The van der Waals surface area contributed by atoms with Gasteiger partial charge in [-0.2, -0.15) is 18.3 Å². The fraction of sp³-hybridized carbons (Fsp3) is 0.348. The summed E-state index contributed by atoms with van der Waals surface area (Å²) in [5.41, 5.74) is 4.15. The predicted octanol–water partition coefficient (Wildman–Crippen LogP) is 5.22. The number of hydrogen-bond acceptors (Lipinski definition) is 3. The Morgan fingerprint density at radius 2 is 2.03 bits per heavy atom. The van der Waals surface area contributed by atoms with E-state index in [1.807, 2.05) is 17.6 Å². The average molecular weight is 441 g/mol. The van der Waals surface area contributed by atoms with E-state index in [0.717, 1.165) is 34.8 Å². The van der Waals surface area contributed by atoms with Crippen molar-refractivity contribution in [3.8, 4) is 11.1 Å². The SMILES string of the molecule is C[C@@H](NC(=O)c1cnn2ccc(-c3c[nH]c4nc(C5CCCC5)ccc34)cc12)C(F)(F)F. The molecule has 1 fully saturated rings. The van der Waals surface area contributed by atoms with E-state index < -0.39 is 18.1 Å². The van der Waals surface area contributed by atoms with E-state index >= 15 is 0 Å². The Balaban J connectivity index is 1.49. The Morgan fingerprint density at radius 1 is 1.25 bits per heavy atom. The number of alkyl halides is 3. The van der Waals surface area contributed by atoms with E-state index in [1.54, 1.807) is 12.3 Å². The maximum atomic E-state index is 12.8. The fourth-order valence-corrected chi connectivity index (χ4v) is 4.39. The molecule has 0 aliphatic heterocycles. The van der Waals surface area contributed by atoms with Gasteiger partial charge in [-0.3, -0.25) is 4.79 Å². The van der Waals surface area contributed by atoms with Gasteiger partial charge in [0.2, 0.25) is 0 Å². The molecule has 1 aliphatic carbocycles. The molecule has 9 heteroatoms. The van der Waals surface area contributed by atoms with Crippen LogP contribution in [0.25, 0.3) is 27.7 Å². The first-order chi connectivity index (χ1) is 15.3. The van der Waals surface area contributed by atoms with Gasteiger partial charge in [-0.25, -0.2) is 9.50 Å². The molecule has 1 saturated carbocycles. The minimum absolute atomic E-state index is 0.0874. The van der Waals surface area contributed by atoms with Crippen molar-refractivity contribution in [1.82, 2.24) is 24.9 Å². The maximum Gasteiger partial charge on any atom is 0.408 e. The Morgan fingerprint density at radius 3 is 2.78 bits per heavy atom. The van der Waals surface area contributed by atoms with E-state index in [4.69, 9.17) is 4.98 Å². The fourth-order valence-electron chi connectivity index (χ4n) is 4.39. The second kappa shape index (κ2) is 7.65. The lowest BCUT2D eigenvalue weighted by atomic mass is 10.0. The molecule has 1 amide bonds. The smallest absolute Gasteiger partial charge is 0.346 e. The molecule has 1 aliphatic rings. The van der Waals surface area contributed by atoms with Crippen molar-refractivity contribution in [2.45, 2.75) is 50.7 Å². The lowest BCUT2D eigenvalue weighted by Gasteiger charge is -2.16. The average Bonchev–Trinajstić information content (AvgIpc) is 3.50. The zero-order valence-electron chi connectivity index (χ0n) is 17.4. The van der Waals surface area contributed by atoms with Crippen molar-refractivity contribution in [3.05, 3.63) is 54.1 Å². The molecule has 4 aromatic rings. The molecule has 0 saturated heterocycles. The van der Waals surface area contributed by atoms with Crippen molar-refractivity contribution in [1.29, 1.82) is 0 Å². The van der Waals surface area contributed by atoms with Gasteiger partial charge in [-0.05, 0) is 49.6 Å². The molecule has 0 spiro atoms. The van der Waals surface area contributed by atoms with Crippen LogP contribution in [0.3, 0.4) is 0 Å². The summed E-state index contributed by atoms with van der Waals surface area (Å²) in [7, 11) is 0. The van der Waals surface area contributed by atoms with Gasteiger partial charge in [0.15, 0.2) is 0 Å². The van der Waals surface area contributed by atoms with E-state index in [1.165, 1.54) is 36.4 Å². The van der Waals surface area contributed by atoms with Gasteiger partial charge in [-0.1, -0.05) is 12.8 Å². The molecule has 2 N–H and O–H groups in total. The number of carbonyl (C=O) groups is 1. The van der Waals surface area contributed by atoms with Crippen LogP contribution in [0.15, 0.2) is 42.9 Å². The third-order valence-corrected chi connectivity index (χ3v) is 6.25. The number of aromatic nitrogens is 4. The molecule has 32 heavy (non-hydrogen) atoms. The van der Waals surface area contributed by atoms with Gasteiger partial charge >= 0.3 is 6.18 Å². The number of halogens is 3. The molecule has 4 heterocycles. The number of pyridine rings is 2. The summed E-state index contributed by atoms with van der Waals surface area (Å²) in [5, 5.41) is 7.05. The van der Waals surface area contributed by atoms with Crippen molar-refractivity contribution >= 4 is 22.5 Å². The van der Waals surface area contributed by atoms with E-state index in [-0.39, 0.29) is 5.56 Å². The van der Waals surface area contributed by atoms with Crippen LogP contribution in [0.1, 0.15) is 54.6 Å². The number of aromatic amines is 1. The van der Waals surface area contributed by atoms with Crippen LogP contribution < -0.4 is 5.32 Å². The second-order valence-corrected chi connectivity index (χ2v) is 8.36. The highest BCUT2D eigenvalue weighted by atomic mass is 19.4. The molecule has 1 atom stereocenters. The van der Waals surface area contributed by atoms with E-state index in [9.17, 15) is 18.0 Å². The van der Waals surface area contributed by atoms with E-state index in [2.05, 4.69) is 22.2 Å². The lowest BCUT2D eigenvalue weighted by Crippen LogP contribution is -2.43. The summed E-state index contributed by atoms with van der Waals surface area (Å²) >= 11 is 0. The van der Waals surface area contributed by atoms with Gasteiger partial charge < -0.3 is 10.3 Å². The molecule has 4 aromatic heterocycles. The normalized spacial score (nSPS) is 16.1. The highest BCUT2D eigenvalue weighted by Crippen LogP contribution is 2.35. The van der Waals surface area contributed by atoms with Crippen LogP contribution in [-0.4, -0.2) is 37.7 Å².